The molecule has 0 spiro atoms. The lowest BCUT2D eigenvalue weighted by Crippen LogP contribution is -2.05. The second-order valence-corrected chi connectivity index (χ2v) is 7.67. The van der Waals surface area contributed by atoms with Gasteiger partial charge in [0.2, 0.25) is 5.95 Å². The van der Waals surface area contributed by atoms with Crippen molar-refractivity contribution in [2.75, 3.05) is 10.6 Å². The number of hydrogen-bond donors (Lipinski definition) is 4. The number of aromatic nitrogens is 6. The van der Waals surface area contributed by atoms with Crippen LogP contribution in [0.4, 0.5) is 17.5 Å². The molecule has 3 heterocycles. The van der Waals surface area contributed by atoms with Crippen LogP contribution in [-0.4, -0.2) is 30.1 Å². The minimum absolute atomic E-state index is 0.525. The summed E-state index contributed by atoms with van der Waals surface area (Å²) < 4.78 is 0. The first-order valence-electron chi connectivity index (χ1n) is 10.6. The van der Waals surface area contributed by atoms with Crippen molar-refractivity contribution in [3.63, 3.8) is 0 Å². The van der Waals surface area contributed by atoms with Gasteiger partial charge in [-0.05, 0) is 42.0 Å². The van der Waals surface area contributed by atoms with Crippen LogP contribution in [0.3, 0.4) is 0 Å². The Morgan fingerprint density at radius 1 is 0.788 bits per heavy atom. The Morgan fingerprint density at radius 3 is 2.45 bits per heavy atom. The first kappa shape index (κ1) is 19.0. The van der Waals surface area contributed by atoms with E-state index in [-0.39, 0.29) is 0 Å². The van der Waals surface area contributed by atoms with Gasteiger partial charge in [-0.1, -0.05) is 42.5 Å². The molecule has 6 aromatic rings. The molecule has 3 aromatic carbocycles. The van der Waals surface area contributed by atoms with E-state index in [0.29, 0.717) is 24.0 Å². The lowest BCUT2D eigenvalue weighted by atomic mass is 10.2. The number of H-pyrrole nitrogens is 2. The average molecular weight is 432 g/mol. The van der Waals surface area contributed by atoms with Crippen LogP contribution in [0.25, 0.3) is 33.5 Å². The van der Waals surface area contributed by atoms with Crippen molar-refractivity contribution in [2.24, 2.45) is 0 Å². The van der Waals surface area contributed by atoms with Crippen LogP contribution in [-0.2, 0) is 6.54 Å². The van der Waals surface area contributed by atoms with E-state index in [9.17, 15) is 0 Å². The number of aromatic amines is 2. The maximum atomic E-state index is 4.68. The van der Waals surface area contributed by atoms with Crippen molar-refractivity contribution in [3.8, 4) is 11.4 Å². The van der Waals surface area contributed by atoms with E-state index in [1.807, 2.05) is 66.7 Å². The van der Waals surface area contributed by atoms with E-state index in [1.165, 1.54) is 0 Å². The van der Waals surface area contributed by atoms with Gasteiger partial charge in [-0.2, -0.15) is 15.1 Å². The summed E-state index contributed by atoms with van der Waals surface area (Å²) in [5.74, 6) is 2.05. The predicted octanol–water partition coefficient (Wildman–Crippen LogP) is 5.25. The molecule has 0 amide bonds. The fourth-order valence-corrected chi connectivity index (χ4v) is 3.72. The highest BCUT2D eigenvalue weighted by atomic mass is 15.2. The van der Waals surface area contributed by atoms with Gasteiger partial charge in [-0.15, -0.1) is 0 Å². The van der Waals surface area contributed by atoms with Crippen LogP contribution in [0.15, 0.2) is 85.1 Å². The standard InChI is InChI=1S/C25H20N8/c1-2-6-16(7-3-1)14-26-25-31-23(19-15-27-33-24(19)32-25)28-18-12-10-17(11-13-18)22-29-20-8-4-5-9-21(20)30-22/h1-13,15H,14H2,(H,29,30)(H3,26,27,28,31,32,33). The summed E-state index contributed by atoms with van der Waals surface area (Å²) in [4.78, 5) is 17.2. The molecule has 33 heavy (non-hydrogen) atoms. The Bertz CT molecular complexity index is 1500. The molecule has 8 heteroatoms. The summed E-state index contributed by atoms with van der Waals surface area (Å²) >= 11 is 0. The Hall–Kier alpha value is -4.72. The summed E-state index contributed by atoms with van der Waals surface area (Å²) in [7, 11) is 0. The Balaban J connectivity index is 1.25. The van der Waals surface area contributed by atoms with Gasteiger partial charge in [0.05, 0.1) is 22.6 Å². The number of para-hydroxylation sites is 2. The van der Waals surface area contributed by atoms with E-state index in [2.05, 4.69) is 52.9 Å². The quantitative estimate of drug-likeness (QED) is 0.286. The summed E-state index contributed by atoms with van der Waals surface area (Å²) in [6.45, 7) is 0.631. The van der Waals surface area contributed by atoms with Crippen molar-refractivity contribution < 1.29 is 0 Å². The third-order valence-electron chi connectivity index (χ3n) is 5.41. The van der Waals surface area contributed by atoms with Gasteiger partial charge in [-0.25, -0.2) is 4.98 Å². The summed E-state index contributed by atoms with van der Waals surface area (Å²) in [5.41, 5.74) is 5.72. The minimum atomic E-state index is 0.525. The van der Waals surface area contributed by atoms with Crippen molar-refractivity contribution in [1.29, 1.82) is 0 Å². The number of rotatable bonds is 6. The molecule has 0 bridgehead atoms. The highest BCUT2D eigenvalue weighted by Gasteiger charge is 2.11. The summed E-state index contributed by atoms with van der Waals surface area (Å²) in [6.07, 6.45) is 1.72. The third-order valence-corrected chi connectivity index (χ3v) is 5.41. The molecule has 0 fully saturated rings. The van der Waals surface area contributed by atoms with Gasteiger partial charge in [0.25, 0.3) is 0 Å². The predicted molar refractivity (Wildman–Crippen MR) is 130 cm³/mol. The summed E-state index contributed by atoms with van der Waals surface area (Å²) in [6, 6.07) is 26.2. The molecular weight excluding hydrogens is 412 g/mol. The van der Waals surface area contributed by atoms with Crippen LogP contribution < -0.4 is 10.6 Å². The van der Waals surface area contributed by atoms with Crippen molar-refractivity contribution in [1.82, 2.24) is 30.1 Å². The molecule has 0 radical (unpaired) electrons. The average Bonchev–Trinajstić information content (AvgIpc) is 3.51. The number of benzene rings is 3. The largest absolute Gasteiger partial charge is 0.350 e. The van der Waals surface area contributed by atoms with E-state index < -0.39 is 0 Å². The number of fused-ring (bicyclic) bond motifs is 2. The minimum Gasteiger partial charge on any atom is -0.350 e. The van der Waals surface area contributed by atoms with Crippen LogP contribution in [0.5, 0.6) is 0 Å². The molecule has 0 saturated heterocycles. The molecule has 0 aliphatic heterocycles. The molecule has 8 nitrogen and oxygen atoms in total. The molecule has 4 N–H and O–H groups in total. The Labute approximate surface area is 189 Å². The monoisotopic (exact) mass is 432 g/mol. The lowest BCUT2D eigenvalue weighted by molar-refractivity contribution is 1.05. The number of imidazole rings is 1. The Kier molecular flexibility index (Phi) is 4.65. The van der Waals surface area contributed by atoms with Gasteiger partial charge >= 0.3 is 0 Å². The fraction of sp³-hybridized carbons (Fsp3) is 0.0400. The molecule has 0 aliphatic carbocycles. The van der Waals surface area contributed by atoms with Crippen LogP contribution >= 0.6 is 0 Å². The molecule has 160 valence electrons. The van der Waals surface area contributed by atoms with Crippen LogP contribution in [0, 0.1) is 0 Å². The van der Waals surface area contributed by atoms with E-state index in [0.717, 1.165) is 39.1 Å². The zero-order chi connectivity index (χ0) is 22.0. The topological polar surface area (TPSA) is 107 Å². The van der Waals surface area contributed by atoms with Gasteiger partial charge < -0.3 is 15.6 Å². The van der Waals surface area contributed by atoms with Gasteiger partial charge in [-0.3, -0.25) is 5.10 Å². The number of anilines is 3. The molecule has 0 atom stereocenters. The zero-order valence-electron chi connectivity index (χ0n) is 17.6. The second kappa shape index (κ2) is 8.08. The molecule has 3 aromatic heterocycles. The van der Waals surface area contributed by atoms with Crippen LogP contribution in [0.2, 0.25) is 0 Å². The summed E-state index contributed by atoms with van der Waals surface area (Å²) in [5, 5.41) is 14.6. The van der Waals surface area contributed by atoms with Gasteiger partial charge in [0.15, 0.2) is 5.65 Å². The lowest BCUT2D eigenvalue weighted by Gasteiger charge is -2.10. The fourth-order valence-electron chi connectivity index (χ4n) is 3.72. The SMILES string of the molecule is c1ccc(CNc2nc(Nc3ccc(-c4nc5ccccc5[nH]4)cc3)c3cn[nH]c3n2)cc1. The van der Waals surface area contributed by atoms with Crippen molar-refractivity contribution >= 4 is 39.5 Å². The van der Waals surface area contributed by atoms with Crippen molar-refractivity contribution in [3.05, 3.63) is 90.6 Å². The molecule has 0 saturated carbocycles. The van der Waals surface area contributed by atoms with Crippen molar-refractivity contribution in [2.45, 2.75) is 6.54 Å². The first-order valence-corrected chi connectivity index (χ1v) is 10.6. The number of nitrogens with one attached hydrogen (secondary N) is 4. The molecule has 6 rings (SSSR count). The molecule has 0 aliphatic rings. The zero-order valence-corrected chi connectivity index (χ0v) is 17.6. The Morgan fingerprint density at radius 2 is 1.61 bits per heavy atom. The van der Waals surface area contributed by atoms with E-state index >= 15 is 0 Å². The van der Waals surface area contributed by atoms with Crippen LogP contribution in [0.1, 0.15) is 5.56 Å². The maximum Gasteiger partial charge on any atom is 0.226 e. The number of nitrogens with zero attached hydrogens (tertiary/aromatic N) is 4. The smallest absolute Gasteiger partial charge is 0.226 e. The maximum absolute atomic E-state index is 4.68. The normalized spacial score (nSPS) is 11.2. The molecule has 0 unspecified atom stereocenters. The van der Waals surface area contributed by atoms with Gasteiger partial charge in [0, 0.05) is 17.8 Å². The second-order valence-electron chi connectivity index (χ2n) is 7.67. The highest BCUT2D eigenvalue weighted by Crippen LogP contribution is 2.26. The van der Waals surface area contributed by atoms with E-state index in [1.54, 1.807) is 6.20 Å². The van der Waals surface area contributed by atoms with E-state index in [4.69, 9.17) is 0 Å². The molecular formula is C25H20N8. The third kappa shape index (κ3) is 3.85. The number of hydrogen-bond acceptors (Lipinski definition) is 6. The first-order chi connectivity index (χ1) is 16.3. The van der Waals surface area contributed by atoms with Gasteiger partial charge in [0.1, 0.15) is 11.6 Å². The highest BCUT2D eigenvalue weighted by molar-refractivity contribution is 5.89.